The Bertz CT molecular complexity index is 656. The molecular formula is C16H22N2OS. The molecule has 4 heteroatoms. The molecule has 0 unspecified atom stereocenters. The molecule has 0 saturated carbocycles. The van der Waals surface area contributed by atoms with Crippen molar-refractivity contribution in [2.45, 2.75) is 64.8 Å². The van der Waals surface area contributed by atoms with Crippen LogP contribution in [0.2, 0.25) is 0 Å². The molecule has 2 aromatic rings. The first-order valence-corrected chi connectivity index (χ1v) is 8.62. The van der Waals surface area contributed by atoms with Gasteiger partial charge in [-0.3, -0.25) is 9.36 Å². The van der Waals surface area contributed by atoms with Crippen LogP contribution in [0.4, 0.5) is 0 Å². The Morgan fingerprint density at radius 3 is 2.95 bits per heavy atom. The number of thiophene rings is 1. The number of fused-ring (bicyclic) bond motifs is 3. The molecule has 20 heavy (non-hydrogen) atoms. The summed E-state index contributed by atoms with van der Waals surface area (Å²) in [5.74, 6) is 0. The number of unbranched alkanes of at least 4 members (excludes halogenated alkanes) is 4. The first-order valence-electron chi connectivity index (χ1n) is 7.81. The quantitative estimate of drug-likeness (QED) is 0.756. The molecule has 0 saturated heterocycles. The maximum atomic E-state index is 12.6. The lowest BCUT2D eigenvalue weighted by atomic mass is 10.1. The Morgan fingerprint density at radius 2 is 2.10 bits per heavy atom. The zero-order valence-corrected chi connectivity index (χ0v) is 13.0. The second kappa shape index (κ2) is 6.08. The van der Waals surface area contributed by atoms with Crippen LogP contribution in [0.5, 0.6) is 0 Å². The summed E-state index contributed by atoms with van der Waals surface area (Å²) < 4.78 is 1.82. The molecule has 2 aromatic heterocycles. The molecule has 0 N–H and O–H groups in total. The van der Waals surface area contributed by atoms with Crippen LogP contribution in [-0.2, 0) is 19.4 Å². The summed E-state index contributed by atoms with van der Waals surface area (Å²) in [4.78, 5) is 19.4. The minimum Gasteiger partial charge on any atom is -0.299 e. The van der Waals surface area contributed by atoms with E-state index < -0.39 is 0 Å². The SMILES string of the molecule is CCCCCCCn1cnc2sc3c(c2c1=O)CCC3. The van der Waals surface area contributed by atoms with Gasteiger partial charge in [-0.25, -0.2) is 4.98 Å². The fourth-order valence-electron chi connectivity index (χ4n) is 3.06. The second-order valence-corrected chi connectivity index (χ2v) is 6.78. The van der Waals surface area contributed by atoms with E-state index >= 15 is 0 Å². The number of hydrogen-bond acceptors (Lipinski definition) is 3. The molecule has 0 atom stereocenters. The average molecular weight is 290 g/mol. The fraction of sp³-hybridized carbons (Fsp3) is 0.625. The first kappa shape index (κ1) is 13.8. The number of aryl methyl sites for hydroxylation is 3. The molecule has 3 rings (SSSR count). The molecule has 1 aliphatic rings. The van der Waals surface area contributed by atoms with Crippen LogP contribution in [-0.4, -0.2) is 9.55 Å². The molecule has 3 nitrogen and oxygen atoms in total. The zero-order valence-electron chi connectivity index (χ0n) is 12.2. The first-order chi connectivity index (χ1) is 9.81. The van der Waals surface area contributed by atoms with Crippen molar-refractivity contribution in [1.29, 1.82) is 0 Å². The van der Waals surface area contributed by atoms with E-state index in [1.54, 1.807) is 17.7 Å². The van der Waals surface area contributed by atoms with Crippen molar-refractivity contribution in [2.24, 2.45) is 0 Å². The molecule has 0 radical (unpaired) electrons. The van der Waals surface area contributed by atoms with E-state index in [-0.39, 0.29) is 5.56 Å². The third-order valence-electron chi connectivity index (χ3n) is 4.19. The standard InChI is InChI=1S/C16H22N2OS/c1-2-3-4-5-6-10-18-11-17-15-14(16(18)19)12-8-7-9-13(12)20-15/h11H,2-10H2,1H3. The van der Waals surface area contributed by atoms with Crippen LogP contribution in [0, 0.1) is 0 Å². The van der Waals surface area contributed by atoms with Crippen LogP contribution in [0.15, 0.2) is 11.1 Å². The Labute approximate surface area is 123 Å². The Morgan fingerprint density at radius 1 is 1.25 bits per heavy atom. The van der Waals surface area contributed by atoms with Crippen molar-refractivity contribution < 1.29 is 0 Å². The highest BCUT2D eigenvalue weighted by Gasteiger charge is 2.20. The summed E-state index contributed by atoms with van der Waals surface area (Å²) in [6, 6.07) is 0. The molecule has 0 spiro atoms. The van der Waals surface area contributed by atoms with Crippen LogP contribution in [0.3, 0.4) is 0 Å². The van der Waals surface area contributed by atoms with Gasteiger partial charge in [0.15, 0.2) is 0 Å². The molecular weight excluding hydrogens is 268 g/mol. The molecule has 0 bridgehead atoms. The molecule has 1 aliphatic carbocycles. The van der Waals surface area contributed by atoms with Crippen LogP contribution >= 0.6 is 11.3 Å². The van der Waals surface area contributed by atoms with Gasteiger partial charge in [-0.1, -0.05) is 32.6 Å². The Hall–Kier alpha value is -1.16. The summed E-state index contributed by atoms with van der Waals surface area (Å²) in [6.07, 6.45) is 11.3. The van der Waals surface area contributed by atoms with Gasteiger partial charge in [-0.15, -0.1) is 11.3 Å². The van der Waals surface area contributed by atoms with Crippen molar-refractivity contribution in [1.82, 2.24) is 9.55 Å². The van der Waals surface area contributed by atoms with E-state index in [2.05, 4.69) is 11.9 Å². The van der Waals surface area contributed by atoms with Crippen LogP contribution in [0.25, 0.3) is 10.2 Å². The van der Waals surface area contributed by atoms with Crippen molar-refractivity contribution in [3.8, 4) is 0 Å². The molecule has 2 heterocycles. The lowest BCUT2D eigenvalue weighted by molar-refractivity contribution is 0.556. The normalized spacial score (nSPS) is 14.1. The van der Waals surface area contributed by atoms with Crippen LogP contribution < -0.4 is 5.56 Å². The maximum absolute atomic E-state index is 12.6. The van der Waals surface area contributed by atoms with E-state index in [1.165, 1.54) is 42.5 Å². The lowest BCUT2D eigenvalue weighted by Crippen LogP contribution is -2.20. The minimum absolute atomic E-state index is 0.185. The van der Waals surface area contributed by atoms with Gasteiger partial charge < -0.3 is 0 Å². The van der Waals surface area contributed by atoms with E-state index in [4.69, 9.17) is 0 Å². The van der Waals surface area contributed by atoms with Crippen LogP contribution in [0.1, 0.15) is 55.9 Å². The van der Waals surface area contributed by atoms with E-state index in [9.17, 15) is 4.79 Å². The van der Waals surface area contributed by atoms with E-state index in [0.29, 0.717) is 0 Å². The number of aromatic nitrogens is 2. The van der Waals surface area contributed by atoms with Gasteiger partial charge in [-0.05, 0) is 31.2 Å². The highest BCUT2D eigenvalue weighted by Crippen LogP contribution is 2.34. The molecule has 0 aromatic carbocycles. The largest absolute Gasteiger partial charge is 0.299 e. The Kier molecular flexibility index (Phi) is 4.20. The van der Waals surface area contributed by atoms with Gasteiger partial charge >= 0.3 is 0 Å². The van der Waals surface area contributed by atoms with Gasteiger partial charge in [0.25, 0.3) is 5.56 Å². The van der Waals surface area contributed by atoms with Crippen molar-refractivity contribution >= 4 is 21.6 Å². The lowest BCUT2D eigenvalue weighted by Gasteiger charge is -2.05. The summed E-state index contributed by atoms with van der Waals surface area (Å²) in [5.41, 5.74) is 1.48. The highest BCUT2D eigenvalue weighted by molar-refractivity contribution is 7.18. The minimum atomic E-state index is 0.185. The Balaban J connectivity index is 1.79. The maximum Gasteiger partial charge on any atom is 0.262 e. The van der Waals surface area contributed by atoms with Crippen molar-refractivity contribution in [2.75, 3.05) is 0 Å². The monoisotopic (exact) mass is 290 g/mol. The predicted molar refractivity (Wildman–Crippen MR) is 84.7 cm³/mol. The summed E-state index contributed by atoms with van der Waals surface area (Å²) in [7, 11) is 0. The van der Waals surface area contributed by atoms with E-state index in [0.717, 1.165) is 36.0 Å². The predicted octanol–water partition coefficient (Wildman–Crippen LogP) is 3.92. The summed E-state index contributed by atoms with van der Waals surface area (Å²) in [6.45, 7) is 3.04. The molecule has 108 valence electrons. The molecule has 0 amide bonds. The average Bonchev–Trinajstić information content (AvgIpc) is 3.01. The topological polar surface area (TPSA) is 34.9 Å². The third kappa shape index (κ3) is 2.53. The second-order valence-electron chi connectivity index (χ2n) is 5.69. The molecule has 0 fully saturated rings. The van der Waals surface area contributed by atoms with Gasteiger partial charge in [-0.2, -0.15) is 0 Å². The third-order valence-corrected chi connectivity index (χ3v) is 5.39. The number of rotatable bonds is 6. The number of hydrogen-bond donors (Lipinski definition) is 0. The van der Waals surface area contributed by atoms with Crippen molar-refractivity contribution in [3.63, 3.8) is 0 Å². The number of nitrogens with zero attached hydrogens (tertiary/aromatic N) is 2. The smallest absolute Gasteiger partial charge is 0.262 e. The van der Waals surface area contributed by atoms with Gasteiger partial charge in [0.2, 0.25) is 0 Å². The summed E-state index contributed by atoms with van der Waals surface area (Å²) in [5, 5.41) is 0.915. The zero-order chi connectivity index (χ0) is 13.9. The van der Waals surface area contributed by atoms with E-state index in [1.807, 2.05) is 4.57 Å². The highest BCUT2D eigenvalue weighted by atomic mass is 32.1. The fourth-order valence-corrected chi connectivity index (χ4v) is 4.28. The van der Waals surface area contributed by atoms with Gasteiger partial charge in [0, 0.05) is 11.4 Å². The summed E-state index contributed by atoms with van der Waals surface area (Å²) >= 11 is 1.72. The van der Waals surface area contributed by atoms with Crippen molar-refractivity contribution in [3.05, 3.63) is 27.1 Å². The molecule has 0 aliphatic heterocycles. The van der Waals surface area contributed by atoms with Gasteiger partial charge in [0.05, 0.1) is 11.7 Å². The van der Waals surface area contributed by atoms with Gasteiger partial charge in [0.1, 0.15) is 4.83 Å².